The Bertz CT molecular complexity index is 973. The summed E-state index contributed by atoms with van der Waals surface area (Å²) < 4.78 is 5.67. The average Bonchev–Trinajstić information content (AvgIpc) is 2.70. The van der Waals surface area contributed by atoms with Crippen LogP contribution in [0.5, 0.6) is 5.75 Å². The fraction of sp³-hybridized carbons (Fsp3) is 0.318. The standard InChI is InChI=1S/C22H24N4O3/c1-22(2,3)21(28)26-9-10-29-19-8-7-16(12-18(19)26)24-14-20(27)25-17-6-4-5-15(11-17)13-23/h4-8,11-12,24H,9-10,14H2,1-3H3,(H,25,27). The zero-order valence-corrected chi connectivity index (χ0v) is 16.8. The smallest absolute Gasteiger partial charge is 0.243 e. The van der Waals surface area contributed by atoms with Gasteiger partial charge in [-0.1, -0.05) is 26.8 Å². The highest BCUT2D eigenvalue weighted by atomic mass is 16.5. The quantitative estimate of drug-likeness (QED) is 0.832. The molecule has 0 spiro atoms. The third kappa shape index (κ3) is 4.85. The minimum atomic E-state index is -0.504. The molecule has 2 aromatic rings. The van der Waals surface area contributed by atoms with Crippen LogP contribution in [0, 0.1) is 16.7 Å². The molecule has 2 amide bonds. The van der Waals surface area contributed by atoms with Gasteiger partial charge in [0, 0.05) is 16.8 Å². The Morgan fingerprint density at radius 1 is 1.17 bits per heavy atom. The Labute approximate surface area is 170 Å². The van der Waals surface area contributed by atoms with Crippen molar-refractivity contribution in [2.75, 3.05) is 35.2 Å². The van der Waals surface area contributed by atoms with Crippen LogP contribution in [0.1, 0.15) is 26.3 Å². The zero-order chi connectivity index (χ0) is 21.0. The number of nitrogens with zero attached hydrogens (tertiary/aromatic N) is 2. The molecule has 1 heterocycles. The largest absolute Gasteiger partial charge is 0.490 e. The second-order valence-electron chi connectivity index (χ2n) is 7.83. The number of rotatable bonds is 4. The van der Waals surface area contributed by atoms with E-state index in [-0.39, 0.29) is 18.4 Å². The van der Waals surface area contributed by atoms with Crippen LogP contribution in [-0.2, 0) is 9.59 Å². The molecular formula is C22H24N4O3. The highest BCUT2D eigenvalue weighted by molar-refractivity contribution is 5.99. The van der Waals surface area contributed by atoms with Gasteiger partial charge in [-0.3, -0.25) is 9.59 Å². The lowest BCUT2D eigenvalue weighted by molar-refractivity contribution is -0.126. The number of ether oxygens (including phenoxy) is 1. The molecule has 2 aromatic carbocycles. The molecule has 3 rings (SSSR count). The number of nitrogens with one attached hydrogen (secondary N) is 2. The lowest BCUT2D eigenvalue weighted by atomic mass is 9.94. The number of amides is 2. The Kier molecular flexibility index (Phi) is 5.74. The van der Waals surface area contributed by atoms with Gasteiger partial charge in [-0.05, 0) is 36.4 Å². The molecule has 1 aliphatic rings. The van der Waals surface area contributed by atoms with Gasteiger partial charge in [-0.15, -0.1) is 0 Å². The summed E-state index contributed by atoms with van der Waals surface area (Å²) in [5, 5.41) is 14.8. The second kappa shape index (κ2) is 8.23. The molecule has 0 bridgehead atoms. The van der Waals surface area contributed by atoms with E-state index in [1.54, 1.807) is 35.2 Å². The minimum Gasteiger partial charge on any atom is -0.490 e. The SMILES string of the molecule is CC(C)(C)C(=O)N1CCOc2ccc(NCC(=O)Nc3cccc(C#N)c3)cc21. The van der Waals surface area contributed by atoms with Crippen LogP contribution in [0.15, 0.2) is 42.5 Å². The molecule has 7 nitrogen and oxygen atoms in total. The molecule has 1 aliphatic heterocycles. The molecule has 0 unspecified atom stereocenters. The van der Waals surface area contributed by atoms with Crippen LogP contribution < -0.4 is 20.3 Å². The van der Waals surface area contributed by atoms with Crippen molar-refractivity contribution < 1.29 is 14.3 Å². The van der Waals surface area contributed by atoms with Crippen molar-refractivity contribution in [3.05, 3.63) is 48.0 Å². The molecule has 0 atom stereocenters. The van der Waals surface area contributed by atoms with Gasteiger partial charge in [0.2, 0.25) is 11.8 Å². The number of carbonyl (C=O) groups is 2. The van der Waals surface area contributed by atoms with Crippen molar-refractivity contribution in [2.45, 2.75) is 20.8 Å². The van der Waals surface area contributed by atoms with Crippen molar-refractivity contribution in [1.82, 2.24) is 0 Å². The molecule has 7 heteroatoms. The summed E-state index contributed by atoms with van der Waals surface area (Å²) in [7, 11) is 0. The summed E-state index contributed by atoms with van der Waals surface area (Å²) in [5.41, 5.74) is 1.95. The Morgan fingerprint density at radius 2 is 1.97 bits per heavy atom. The number of carbonyl (C=O) groups excluding carboxylic acids is 2. The lowest BCUT2D eigenvalue weighted by Gasteiger charge is -2.34. The van der Waals surface area contributed by atoms with E-state index in [4.69, 9.17) is 10.00 Å². The highest BCUT2D eigenvalue weighted by Crippen LogP contribution is 2.36. The van der Waals surface area contributed by atoms with Gasteiger partial charge in [0.15, 0.2) is 0 Å². The molecule has 150 valence electrons. The summed E-state index contributed by atoms with van der Waals surface area (Å²) in [6.07, 6.45) is 0. The van der Waals surface area contributed by atoms with Crippen molar-refractivity contribution in [3.63, 3.8) is 0 Å². The lowest BCUT2D eigenvalue weighted by Crippen LogP contribution is -2.44. The molecule has 0 aliphatic carbocycles. The molecular weight excluding hydrogens is 368 g/mol. The van der Waals surface area contributed by atoms with Crippen molar-refractivity contribution in [1.29, 1.82) is 5.26 Å². The van der Waals surface area contributed by atoms with Gasteiger partial charge >= 0.3 is 0 Å². The predicted octanol–water partition coefficient (Wildman–Crippen LogP) is 3.38. The number of hydrogen-bond acceptors (Lipinski definition) is 5. The topological polar surface area (TPSA) is 94.5 Å². The van der Waals surface area contributed by atoms with Crippen LogP contribution >= 0.6 is 0 Å². The van der Waals surface area contributed by atoms with Crippen LogP contribution in [0.3, 0.4) is 0 Å². The van der Waals surface area contributed by atoms with Crippen LogP contribution in [0.2, 0.25) is 0 Å². The summed E-state index contributed by atoms with van der Waals surface area (Å²) in [4.78, 5) is 26.7. The maximum absolute atomic E-state index is 12.8. The van der Waals surface area contributed by atoms with E-state index in [1.165, 1.54) is 0 Å². The monoisotopic (exact) mass is 392 g/mol. The fourth-order valence-electron chi connectivity index (χ4n) is 3.00. The molecule has 0 saturated carbocycles. The maximum atomic E-state index is 12.8. The number of benzene rings is 2. The maximum Gasteiger partial charge on any atom is 0.243 e. The fourth-order valence-corrected chi connectivity index (χ4v) is 3.00. The Morgan fingerprint density at radius 3 is 2.69 bits per heavy atom. The molecule has 0 aromatic heterocycles. The summed E-state index contributed by atoms with van der Waals surface area (Å²) in [6.45, 7) is 6.65. The van der Waals surface area contributed by atoms with E-state index >= 15 is 0 Å². The number of nitriles is 1. The van der Waals surface area contributed by atoms with E-state index in [9.17, 15) is 9.59 Å². The normalized spacial score (nSPS) is 13.0. The first-order chi connectivity index (χ1) is 13.8. The Hall–Kier alpha value is -3.53. The van der Waals surface area contributed by atoms with Crippen molar-refractivity contribution in [2.24, 2.45) is 5.41 Å². The van der Waals surface area contributed by atoms with E-state index in [0.29, 0.717) is 41.5 Å². The van der Waals surface area contributed by atoms with Gasteiger partial charge in [-0.2, -0.15) is 5.26 Å². The van der Waals surface area contributed by atoms with Gasteiger partial charge in [-0.25, -0.2) is 0 Å². The van der Waals surface area contributed by atoms with Gasteiger partial charge < -0.3 is 20.3 Å². The third-order valence-corrected chi connectivity index (χ3v) is 4.44. The van der Waals surface area contributed by atoms with E-state index in [2.05, 4.69) is 10.6 Å². The van der Waals surface area contributed by atoms with Crippen LogP contribution in [0.4, 0.5) is 17.1 Å². The zero-order valence-electron chi connectivity index (χ0n) is 16.8. The molecule has 0 radical (unpaired) electrons. The summed E-state index contributed by atoms with van der Waals surface area (Å²) in [6, 6.07) is 14.2. The number of anilines is 3. The van der Waals surface area contributed by atoms with E-state index in [1.807, 2.05) is 39.0 Å². The highest BCUT2D eigenvalue weighted by Gasteiger charge is 2.31. The first-order valence-corrected chi connectivity index (χ1v) is 9.40. The molecule has 0 saturated heterocycles. The van der Waals surface area contributed by atoms with E-state index in [0.717, 1.165) is 0 Å². The number of hydrogen-bond donors (Lipinski definition) is 2. The van der Waals surface area contributed by atoms with Crippen LogP contribution in [0.25, 0.3) is 0 Å². The van der Waals surface area contributed by atoms with Crippen LogP contribution in [-0.4, -0.2) is 31.5 Å². The first-order valence-electron chi connectivity index (χ1n) is 9.40. The molecule has 29 heavy (non-hydrogen) atoms. The number of fused-ring (bicyclic) bond motifs is 1. The van der Waals surface area contributed by atoms with Crippen molar-refractivity contribution in [3.8, 4) is 11.8 Å². The summed E-state index contributed by atoms with van der Waals surface area (Å²) >= 11 is 0. The first kappa shape index (κ1) is 20.2. The van der Waals surface area contributed by atoms with Gasteiger partial charge in [0.1, 0.15) is 12.4 Å². The van der Waals surface area contributed by atoms with Gasteiger partial charge in [0.05, 0.1) is 30.4 Å². The second-order valence-corrected chi connectivity index (χ2v) is 7.83. The van der Waals surface area contributed by atoms with Gasteiger partial charge in [0.25, 0.3) is 0 Å². The molecule has 2 N–H and O–H groups in total. The molecule has 0 fully saturated rings. The Balaban J connectivity index is 1.68. The van der Waals surface area contributed by atoms with E-state index < -0.39 is 5.41 Å². The minimum absolute atomic E-state index is 0.0225. The van der Waals surface area contributed by atoms with Crippen molar-refractivity contribution >= 4 is 28.9 Å². The third-order valence-electron chi connectivity index (χ3n) is 4.44. The summed E-state index contributed by atoms with van der Waals surface area (Å²) in [5.74, 6) is 0.433. The average molecular weight is 392 g/mol. The predicted molar refractivity (Wildman–Crippen MR) is 112 cm³/mol.